The Balaban J connectivity index is 0.923. The Morgan fingerprint density at radius 2 is 0.935 bits per heavy atom. The van der Waals surface area contributed by atoms with E-state index in [4.69, 9.17) is 9.97 Å². The quantitative estimate of drug-likeness (QED) is 0.161. The van der Waals surface area contributed by atoms with E-state index in [9.17, 15) is 0 Å². The summed E-state index contributed by atoms with van der Waals surface area (Å²) < 4.78 is 4.85. The minimum absolute atomic E-state index is 0.0407. The van der Waals surface area contributed by atoms with Gasteiger partial charge in [-0.15, -0.1) is 0 Å². The second-order valence-electron chi connectivity index (χ2n) is 16.1. The van der Waals surface area contributed by atoms with Gasteiger partial charge in [-0.05, 0) is 71.7 Å². The lowest BCUT2D eigenvalue weighted by Gasteiger charge is -2.20. The SMILES string of the molecule is C1=CC(c2nc(-c3ccccc3)cc(-c3ccccc3)n2)CC(c2ccc(-n3c4ccccc4c4cccc(-c5cccc(-n6c7ccccc7c7ccccc76)c5)c43)cc2)=C1. The van der Waals surface area contributed by atoms with Gasteiger partial charge in [0.25, 0.3) is 0 Å². The Hall–Kier alpha value is -8.08. The van der Waals surface area contributed by atoms with Crippen molar-refractivity contribution in [2.75, 3.05) is 0 Å². The van der Waals surface area contributed by atoms with E-state index in [1.807, 2.05) is 12.1 Å². The fourth-order valence-corrected chi connectivity index (χ4v) is 9.57. The fraction of sp³-hybridized carbons (Fsp3) is 0.0345. The van der Waals surface area contributed by atoms with Gasteiger partial charge in [0.05, 0.1) is 33.5 Å². The molecule has 1 aliphatic rings. The molecule has 62 heavy (non-hydrogen) atoms. The highest BCUT2D eigenvalue weighted by atomic mass is 15.0. The lowest BCUT2D eigenvalue weighted by molar-refractivity contribution is 0.785. The summed E-state index contributed by atoms with van der Waals surface area (Å²) in [5, 5.41) is 5.00. The van der Waals surface area contributed by atoms with Gasteiger partial charge in [-0.3, -0.25) is 0 Å². The molecule has 8 aromatic carbocycles. The van der Waals surface area contributed by atoms with Crippen molar-refractivity contribution < 1.29 is 0 Å². The molecule has 0 aliphatic heterocycles. The molecule has 3 aromatic heterocycles. The third-order valence-corrected chi connectivity index (χ3v) is 12.5. The Morgan fingerprint density at radius 3 is 1.58 bits per heavy atom. The number of nitrogens with zero attached hydrogens (tertiary/aromatic N) is 4. The Bertz CT molecular complexity index is 3420. The van der Waals surface area contributed by atoms with Crippen molar-refractivity contribution >= 4 is 49.2 Å². The van der Waals surface area contributed by atoms with Crippen LogP contribution in [0.3, 0.4) is 0 Å². The number of para-hydroxylation sites is 4. The Labute approximate surface area is 360 Å². The minimum atomic E-state index is 0.0407. The van der Waals surface area contributed by atoms with E-state index in [0.717, 1.165) is 46.1 Å². The van der Waals surface area contributed by atoms with Crippen LogP contribution in [-0.4, -0.2) is 19.1 Å². The minimum Gasteiger partial charge on any atom is -0.309 e. The zero-order chi connectivity index (χ0) is 41.0. The molecule has 0 bridgehead atoms. The average Bonchev–Trinajstić information content (AvgIpc) is 3.88. The number of fused-ring (bicyclic) bond motifs is 6. The third-order valence-electron chi connectivity index (χ3n) is 12.5. The van der Waals surface area contributed by atoms with E-state index >= 15 is 0 Å². The van der Waals surface area contributed by atoms with Crippen LogP contribution < -0.4 is 0 Å². The number of rotatable bonds is 7. The van der Waals surface area contributed by atoms with Gasteiger partial charge < -0.3 is 9.13 Å². The van der Waals surface area contributed by atoms with Crippen molar-refractivity contribution in [3.05, 3.63) is 236 Å². The Kier molecular flexibility index (Phi) is 8.60. The third kappa shape index (κ3) is 6.07. The fourth-order valence-electron chi connectivity index (χ4n) is 9.57. The molecule has 4 nitrogen and oxygen atoms in total. The van der Waals surface area contributed by atoms with E-state index in [0.29, 0.717) is 0 Å². The smallest absolute Gasteiger partial charge is 0.136 e. The zero-order valence-corrected chi connectivity index (χ0v) is 33.9. The summed E-state index contributed by atoms with van der Waals surface area (Å²) in [5.74, 6) is 0.877. The molecule has 0 fully saturated rings. The van der Waals surface area contributed by atoms with Crippen LogP contribution in [0.2, 0.25) is 0 Å². The molecule has 4 heteroatoms. The van der Waals surface area contributed by atoms with Gasteiger partial charge in [-0.25, -0.2) is 9.97 Å². The molecule has 0 amide bonds. The monoisotopic (exact) mass is 792 g/mol. The van der Waals surface area contributed by atoms with Crippen molar-refractivity contribution in [3.63, 3.8) is 0 Å². The average molecular weight is 793 g/mol. The highest BCUT2D eigenvalue weighted by Crippen LogP contribution is 2.41. The molecule has 1 unspecified atom stereocenters. The zero-order valence-electron chi connectivity index (χ0n) is 33.9. The van der Waals surface area contributed by atoms with E-state index in [2.05, 4.69) is 221 Å². The van der Waals surface area contributed by atoms with Gasteiger partial charge in [0.1, 0.15) is 5.82 Å². The normalized spacial score (nSPS) is 13.9. The van der Waals surface area contributed by atoms with Crippen LogP contribution in [0, 0.1) is 0 Å². The summed E-state index contributed by atoms with van der Waals surface area (Å²) in [5.41, 5.74) is 16.0. The molecule has 0 N–H and O–H groups in total. The van der Waals surface area contributed by atoms with Gasteiger partial charge in [0.2, 0.25) is 0 Å². The molecule has 12 rings (SSSR count). The summed E-state index contributed by atoms with van der Waals surface area (Å²) in [6.07, 6.45) is 7.47. The van der Waals surface area contributed by atoms with Crippen molar-refractivity contribution in [1.82, 2.24) is 19.1 Å². The van der Waals surface area contributed by atoms with Gasteiger partial charge in [-0.1, -0.05) is 176 Å². The molecular weight excluding hydrogens is 753 g/mol. The maximum absolute atomic E-state index is 5.17. The van der Waals surface area contributed by atoms with Gasteiger partial charge in [-0.2, -0.15) is 0 Å². The second-order valence-corrected chi connectivity index (χ2v) is 16.1. The highest BCUT2D eigenvalue weighted by Gasteiger charge is 2.22. The van der Waals surface area contributed by atoms with Crippen LogP contribution in [0.25, 0.3) is 94.2 Å². The van der Waals surface area contributed by atoms with Crippen LogP contribution in [0.5, 0.6) is 0 Å². The predicted octanol–water partition coefficient (Wildman–Crippen LogP) is 14.8. The van der Waals surface area contributed by atoms with Crippen molar-refractivity contribution in [2.24, 2.45) is 0 Å². The molecule has 1 aliphatic carbocycles. The molecule has 0 saturated carbocycles. The summed E-state index contributed by atoms with van der Waals surface area (Å²) in [6, 6.07) is 74.0. The van der Waals surface area contributed by atoms with Crippen molar-refractivity contribution in [1.29, 1.82) is 0 Å². The number of aromatic nitrogens is 4. The first-order valence-corrected chi connectivity index (χ1v) is 21.3. The summed E-state index contributed by atoms with van der Waals surface area (Å²) in [4.78, 5) is 10.3. The first-order chi connectivity index (χ1) is 30.7. The lowest BCUT2D eigenvalue weighted by Crippen LogP contribution is -2.07. The maximum atomic E-state index is 5.17. The summed E-state index contributed by atoms with van der Waals surface area (Å²) >= 11 is 0. The highest BCUT2D eigenvalue weighted by molar-refractivity contribution is 6.14. The number of hydrogen-bond donors (Lipinski definition) is 0. The van der Waals surface area contributed by atoms with Crippen LogP contribution in [0.1, 0.15) is 23.7 Å². The topological polar surface area (TPSA) is 35.6 Å². The summed E-state index contributed by atoms with van der Waals surface area (Å²) in [6.45, 7) is 0. The van der Waals surface area contributed by atoms with Gasteiger partial charge >= 0.3 is 0 Å². The van der Waals surface area contributed by atoms with E-state index < -0.39 is 0 Å². The first kappa shape index (κ1) is 35.8. The second kappa shape index (κ2) is 14.9. The van der Waals surface area contributed by atoms with Crippen LogP contribution in [0.15, 0.2) is 224 Å². The largest absolute Gasteiger partial charge is 0.309 e. The molecule has 3 heterocycles. The van der Waals surface area contributed by atoms with Gasteiger partial charge in [0.15, 0.2) is 0 Å². The van der Waals surface area contributed by atoms with Crippen LogP contribution >= 0.6 is 0 Å². The first-order valence-electron chi connectivity index (χ1n) is 21.3. The number of benzene rings is 8. The van der Waals surface area contributed by atoms with Gasteiger partial charge in [0, 0.05) is 55.5 Å². The molecule has 0 saturated heterocycles. The molecule has 11 aromatic rings. The van der Waals surface area contributed by atoms with Crippen molar-refractivity contribution in [2.45, 2.75) is 12.3 Å². The van der Waals surface area contributed by atoms with E-state index in [1.54, 1.807) is 0 Å². The number of allylic oxidation sites excluding steroid dienone is 4. The number of hydrogen-bond acceptors (Lipinski definition) is 2. The lowest BCUT2D eigenvalue weighted by atomic mass is 9.89. The van der Waals surface area contributed by atoms with Crippen LogP contribution in [-0.2, 0) is 0 Å². The molecule has 1 atom stereocenters. The maximum Gasteiger partial charge on any atom is 0.136 e. The molecular formula is C58H40N4. The Morgan fingerprint density at radius 1 is 0.403 bits per heavy atom. The molecule has 292 valence electrons. The standard InChI is InChI=1S/C58H40N4/c1-3-16-40(17-4-1)52-38-53(41-18-5-2-6-19-41)60-58(59-52)44-22-13-20-42(36-44)39-32-34-45(35-33-39)62-56-31-12-9-26-50(56)51-28-15-27-47(57(51)62)43-21-14-23-46(37-43)61-54-29-10-7-24-48(54)49-25-8-11-30-55(49)61/h1-35,37-38,44H,36H2. The van der Waals surface area contributed by atoms with E-state index in [-0.39, 0.29) is 5.92 Å². The van der Waals surface area contributed by atoms with E-state index in [1.165, 1.54) is 65.9 Å². The van der Waals surface area contributed by atoms with Crippen LogP contribution in [0.4, 0.5) is 0 Å². The molecule has 0 spiro atoms. The summed E-state index contributed by atoms with van der Waals surface area (Å²) in [7, 11) is 0. The predicted molar refractivity (Wildman–Crippen MR) is 258 cm³/mol. The van der Waals surface area contributed by atoms with Crippen molar-refractivity contribution in [3.8, 4) is 45.0 Å². The molecule has 0 radical (unpaired) electrons.